The standard InChI is InChI=1S/C22H24N6O2/c1-4-12-30-18-10-8-16(9-11-18)20-19(15(3)23-22-25-26-27-28(20)22)21(29)24-17-7-5-6-14(2)13-17/h5-11,13,20H,4,12H2,1-3H3,(H,24,29)(H,23,25,27). The summed E-state index contributed by atoms with van der Waals surface area (Å²) in [4.78, 5) is 13.3. The van der Waals surface area contributed by atoms with Gasteiger partial charge in [-0.25, -0.2) is 0 Å². The Kier molecular flexibility index (Phi) is 5.47. The SMILES string of the molecule is CCCOc1ccc(C2C(C(=O)Nc3cccc(C)c3)=C(C)Nc3nnnn32)cc1. The molecule has 30 heavy (non-hydrogen) atoms. The summed E-state index contributed by atoms with van der Waals surface area (Å²) in [7, 11) is 0. The number of hydrogen-bond acceptors (Lipinski definition) is 6. The van der Waals surface area contributed by atoms with Gasteiger partial charge in [0, 0.05) is 11.4 Å². The van der Waals surface area contributed by atoms with E-state index in [4.69, 9.17) is 4.74 Å². The minimum Gasteiger partial charge on any atom is -0.494 e. The van der Waals surface area contributed by atoms with E-state index in [0.29, 0.717) is 23.8 Å². The van der Waals surface area contributed by atoms with E-state index in [2.05, 4.69) is 33.1 Å². The molecule has 8 heteroatoms. The predicted octanol–water partition coefficient (Wildman–Crippen LogP) is 3.70. The Morgan fingerprint density at radius 2 is 2.00 bits per heavy atom. The van der Waals surface area contributed by atoms with E-state index in [0.717, 1.165) is 29.0 Å². The molecule has 0 spiro atoms. The summed E-state index contributed by atoms with van der Waals surface area (Å²) in [6.07, 6.45) is 0.940. The topological polar surface area (TPSA) is 94.0 Å². The fraction of sp³-hybridized carbons (Fsp3) is 0.273. The largest absolute Gasteiger partial charge is 0.494 e. The van der Waals surface area contributed by atoms with Gasteiger partial charge in [0.2, 0.25) is 5.95 Å². The van der Waals surface area contributed by atoms with Crippen LogP contribution in [0, 0.1) is 6.92 Å². The number of tetrazole rings is 1. The Hall–Kier alpha value is -3.68. The van der Waals surface area contributed by atoms with Crippen molar-refractivity contribution in [2.24, 2.45) is 0 Å². The lowest BCUT2D eigenvalue weighted by atomic mass is 9.95. The van der Waals surface area contributed by atoms with Gasteiger partial charge >= 0.3 is 0 Å². The molecule has 2 heterocycles. The second kappa shape index (κ2) is 8.36. The van der Waals surface area contributed by atoms with Crippen molar-refractivity contribution in [1.29, 1.82) is 0 Å². The molecule has 0 radical (unpaired) electrons. The van der Waals surface area contributed by atoms with Crippen LogP contribution in [0.5, 0.6) is 5.75 Å². The minimum absolute atomic E-state index is 0.206. The zero-order chi connectivity index (χ0) is 21.1. The van der Waals surface area contributed by atoms with Gasteiger partial charge in [0.1, 0.15) is 11.8 Å². The molecule has 0 saturated heterocycles. The number of aryl methyl sites for hydroxylation is 1. The zero-order valence-electron chi connectivity index (χ0n) is 17.2. The van der Waals surface area contributed by atoms with Crippen LogP contribution in [0.3, 0.4) is 0 Å². The van der Waals surface area contributed by atoms with Crippen LogP contribution >= 0.6 is 0 Å². The molecule has 1 unspecified atom stereocenters. The first-order valence-corrected chi connectivity index (χ1v) is 9.93. The van der Waals surface area contributed by atoms with Crippen molar-refractivity contribution in [3.05, 3.63) is 70.9 Å². The fourth-order valence-electron chi connectivity index (χ4n) is 3.50. The van der Waals surface area contributed by atoms with E-state index in [-0.39, 0.29) is 5.91 Å². The molecule has 1 aliphatic rings. The van der Waals surface area contributed by atoms with E-state index in [1.54, 1.807) is 4.68 Å². The fourth-order valence-corrected chi connectivity index (χ4v) is 3.50. The van der Waals surface area contributed by atoms with Gasteiger partial charge in [-0.2, -0.15) is 4.68 Å². The van der Waals surface area contributed by atoms with Crippen LogP contribution in [0.15, 0.2) is 59.8 Å². The third-order valence-corrected chi connectivity index (χ3v) is 4.90. The molecule has 1 aromatic heterocycles. The van der Waals surface area contributed by atoms with Crippen molar-refractivity contribution in [2.75, 3.05) is 17.2 Å². The average Bonchev–Trinajstić information content (AvgIpc) is 3.19. The second-order valence-corrected chi connectivity index (χ2v) is 7.25. The molecule has 0 bridgehead atoms. The number of anilines is 2. The number of carbonyl (C=O) groups is 1. The smallest absolute Gasteiger partial charge is 0.255 e. The number of hydrogen-bond donors (Lipinski definition) is 2. The Morgan fingerprint density at radius 1 is 1.20 bits per heavy atom. The Labute approximate surface area is 174 Å². The molecule has 0 aliphatic carbocycles. The molecule has 154 valence electrons. The maximum atomic E-state index is 13.3. The quantitative estimate of drug-likeness (QED) is 0.651. The molecule has 3 aromatic rings. The molecular formula is C22H24N6O2. The van der Waals surface area contributed by atoms with Gasteiger partial charge in [0.05, 0.1) is 12.2 Å². The Morgan fingerprint density at radius 3 is 2.73 bits per heavy atom. The van der Waals surface area contributed by atoms with Crippen LogP contribution in [0.2, 0.25) is 0 Å². The van der Waals surface area contributed by atoms with Gasteiger partial charge in [-0.15, -0.1) is 0 Å². The number of nitrogens with one attached hydrogen (secondary N) is 2. The van der Waals surface area contributed by atoms with Crippen LogP contribution in [-0.2, 0) is 4.79 Å². The number of allylic oxidation sites excluding steroid dienone is 1. The highest BCUT2D eigenvalue weighted by Gasteiger charge is 2.34. The first-order chi connectivity index (χ1) is 14.6. The third kappa shape index (κ3) is 3.89. The number of carbonyl (C=O) groups excluding carboxylic acids is 1. The molecule has 0 saturated carbocycles. The summed E-state index contributed by atoms with van der Waals surface area (Å²) in [5.74, 6) is 1.08. The molecule has 8 nitrogen and oxygen atoms in total. The molecule has 2 aromatic carbocycles. The Balaban J connectivity index is 1.69. The van der Waals surface area contributed by atoms with Crippen molar-refractivity contribution in [1.82, 2.24) is 20.2 Å². The molecule has 0 fully saturated rings. The summed E-state index contributed by atoms with van der Waals surface area (Å²) >= 11 is 0. The van der Waals surface area contributed by atoms with E-state index < -0.39 is 6.04 Å². The lowest BCUT2D eigenvalue weighted by molar-refractivity contribution is -0.113. The van der Waals surface area contributed by atoms with Crippen molar-refractivity contribution in [3.8, 4) is 5.75 Å². The van der Waals surface area contributed by atoms with Crippen molar-refractivity contribution < 1.29 is 9.53 Å². The summed E-state index contributed by atoms with van der Waals surface area (Å²) in [5, 5.41) is 18.1. The molecule has 1 amide bonds. The van der Waals surface area contributed by atoms with Gasteiger partial charge in [-0.1, -0.05) is 36.3 Å². The van der Waals surface area contributed by atoms with E-state index in [9.17, 15) is 4.79 Å². The summed E-state index contributed by atoms with van der Waals surface area (Å²) < 4.78 is 7.31. The normalized spacial score (nSPS) is 15.4. The number of amides is 1. The van der Waals surface area contributed by atoms with Crippen LogP contribution in [0.1, 0.15) is 37.4 Å². The first-order valence-electron chi connectivity index (χ1n) is 9.93. The highest BCUT2D eigenvalue weighted by atomic mass is 16.5. The van der Waals surface area contributed by atoms with Crippen molar-refractivity contribution in [2.45, 2.75) is 33.2 Å². The predicted molar refractivity (Wildman–Crippen MR) is 114 cm³/mol. The minimum atomic E-state index is -0.457. The van der Waals surface area contributed by atoms with E-state index in [1.807, 2.05) is 62.4 Å². The summed E-state index contributed by atoms with van der Waals surface area (Å²) in [6.45, 7) is 6.57. The zero-order valence-corrected chi connectivity index (χ0v) is 17.2. The third-order valence-electron chi connectivity index (χ3n) is 4.90. The lowest BCUT2D eigenvalue weighted by Gasteiger charge is -2.28. The maximum Gasteiger partial charge on any atom is 0.255 e. The van der Waals surface area contributed by atoms with Crippen LogP contribution < -0.4 is 15.4 Å². The van der Waals surface area contributed by atoms with Crippen LogP contribution in [-0.4, -0.2) is 32.7 Å². The maximum absolute atomic E-state index is 13.3. The molecule has 2 N–H and O–H groups in total. The van der Waals surface area contributed by atoms with Gasteiger partial charge in [-0.3, -0.25) is 4.79 Å². The number of benzene rings is 2. The second-order valence-electron chi connectivity index (χ2n) is 7.25. The number of rotatable bonds is 6. The molecule has 1 atom stereocenters. The highest BCUT2D eigenvalue weighted by molar-refractivity contribution is 6.06. The molecular weight excluding hydrogens is 380 g/mol. The average molecular weight is 404 g/mol. The van der Waals surface area contributed by atoms with Crippen molar-refractivity contribution in [3.63, 3.8) is 0 Å². The van der Waals surface area contributed by atoms with Gasteiger partial charge in [0.15, 0.2) is 0 Å². The number of fused-ring (bicyclic) bond motifs is 1. The van der Waals surface area contributed by atoms with Gasteiger partial charge < -0.3 is 15.4 Å². The molecule has 4 rings (SSSR count). The van der Waals surface area contributed by atoms with Gasteiger partial charge in [-0.05, 0) is 66.1 Å². The first kappa shape index (κ1) is 19.6. The number of aromatic nitrogens is 4. The molecule has 1 aliphatic heterocycles. The van der Waals surface area contributed by atoms with E-state index >= 15 is 0 Å². The monoisotopic (exact) mass is 404 g/mol. The highest BCUT2D eigenvalue weighted by Crippen LogP contribution is 2.35. The van der Waals surface area contributed by atoms with Crippen molar-refractivity contribution >= 4 is 17.5 Å². The lowest BCUT2D eigenvalue weighted by Crippen LogP contribution is -2.31. The Bertz CT molecular complexity index is 1090. The summed E-state index contributed by atoms with van der Waals surface area (Å²) in [6, 6.07) is 14.9. The number of nitrogens with zero attached hydrogens (tertiary/aromatic N) is 4. The number of ether oxygens (including phenoxy) is 1. The van der Waals surface area contributed by atoms with E-state index in [1.165, 1.54) is 0 Å². The summed E-state index contributed by atoms with van der Waals surface area (Å²) in [5.41, 5.74) is 3.96. The van der Waals surface area contributed by atoms with Gasteiger partial charge in [0.25, 0.3) is 5.91 Å². The van der Waals surface area contributed by atoms with Crippen LogP contribution in [0.4, 0.5) is 11.6 Å². The van der Waals surface area contributed by atoms with Crippen LogP contribution in [0.25, 0.3) is 0 Å².